The van der Waals surface area contributed by atoms with Crippen molar-refractivity contribution in [2.75, 3.05) is 67.5 Å². The maximum atomic E-state index is 12.2. The number of fused-ring (bicyclic) bond motifs is 1. The van der Waals surface area contributed by atoms with Crippen LogP contribution in [0.1, 0.15) is 48.4 Å². The van der Waals surface area contributed by atoms with Gasteiger partial charge < -0.3 is 20.4 Å². The van der Waals surface area contributed by atoms with Crippen LogP contribution in [0.4, 0.5) is 23.0 Å². The minimum atomic E-state index is -0.223. The molecule has 3 N–H and O–H groups in total. The molecule has 7 rings (SSSR count). The third-order valence-corrected chi connectivity index (χ3v) is 9.71. The van der Waals surface area contributed by atoms with Crippen LogP contribution in [0.25, 0.3) is 0 Å². The molecule has 1 atom stereocenters. The highest BCUT2D eigenvalue weighted by molar-refractivity contribution is 6.00. The minimum Gasteiger partial charge on any atom is -0.372 e. The van der Waals surface area contributed by atoms with Gasteiger partial charge in [-0.1, -0.05) is 12.1 Å². The maximum Gasteiger partial charge on any atom is 0.234 e. The summed E-state index contributed by atoms with van der Waals surface area (Å²) in [5.74, 6) is 0.834. The lowest BCUT2D eigenvalue weighted by Gasteiger charge is -2.40. The maximum absolute atomic E-state index is 12.2. The summed E-state index contributed by atoms with van der Waals surface area (Å²) in [7, 11) is 0. The highest BCUT2D eigenvalue weighted by Crippen LogP contribution is 2.29. The summed E-state index contributed by atoms with van der Waals surface area (Å²) in [6, 6.07) is 17.0. The van der Waals surface area contributed by atoms with Gasteiger partial charge in [0.1, 0.15) is 0 Å². The van der Waals surface area contributed by atoms with Gasteiger partial charge in [0.05, 0.1) is 11.6 Å². The van der Waals surface area contributed by atoms with Gasteiger partial charge in [-0.05, 0) is 85.7 Å². The first kappa shape index (κ1) is 28.7. The second kappa shape index (κ2) is 12.9. The molecule has 0 spiro atoms. The van der Waals surface area contributed by atoms with E-state index in [1.165, 1.54) is 36.3 Å². The van der Waals surface area contributed by atoms with E-state index in [1.54, 1.807) is 0 Å². The van der Waals surface area contributed by atoms with E-state index in [0.29, 0.717) is 18.8 Å². The number of piperazine rings is 1. The number of hydrogen-bond donors (Lipinski definition) is 3. The fourth-order valence-corrected chi connectivity index (χ4v) is 7.04. The van der Waals surface area contributed by atoms with Crippen molar-refractivity contribution in [3.63, 3.8) is 0 Å². The molecule has 1 aromatic heterocycles. The number of nitrogens with one attached hydrogen (secondary N) is 3. The van der Waals surface area contributed by atoms with E-state index in [-0.39, 0.29) is 17.7 Å². The summed E-state index contributed by atoms with van der Waals surface area (Å²) in [5.41, 5.74) is 6.83. The van der Waals surface area contributed by atoms with Crippen LogP contribution >= 0.6 is 0 Å². The van der Waals surface area contributed by atoms with Gasteiger partial charge in [0, 0.05) is 82.0 Å². The van der Waals surface area contributed by atoms with Gasteiger partial charge in [0.2, 0.25) is 17.8 Å². The summed E-state index contributed by atoms with van der Waals surface area (Å²) in [5, 5.41) is 9.21. The number of nitrogens with zero attached hydrogens (tertiary/aromatic N) is 5. The number of aromatic nitrogens is 2. The Bertz CT molecular complexity index is 1460. The van der Waals surface area contributed by atoms with Crippen LogP contribution in [0.15, 0.2) is 54.7 Å². The fraction of sp³-hybridized carbons (Fsp3) is 0.471. The van der Waals surface area contributed by atoms with Gasteiger partial charge in [-0.3, -0.25) is 19.8 Å². The van der Waals surface area contributed by atoms with Crippen molar-refractivity contribution < 1.29 is 9.59 Å². The van der Waals surface area contributed by atoms with E-state index >= 15 is 0 Å². The Kier molecular flexibility index (Phi) is 8.43. The second-order valence-electron chi connectivity index (χ2n) is 12.6. The van der Waals surface area contributed by atoms with E-state index in [0.717, 1.165) is 81.6 Å². The molecule has 1 unspecified atom stereocenters. The highest BCUT2D eigenvalue weighted by Gasteiger charge is 2.28. The first-order valence-electron chi connectivity index (χ1n) is 16.2. The predicted molar refractivity (Wildman–Crippen MR) is 172 cm³/mol. The Morgan fingerprint density at radius 3 is 2.25 bits per heavy atom. The number of hydrogen-bond acceptors (Lipinski definition) is 9. The van der Waals surface area contributed by atoms with Crippen molar-refractivity contribution in [2.45, 2.75) is 44.6 Å². The SMILES string of the molecule is O=C1CCC(c2ccc(N3CCN(CC4CCN(c5ccc(Nc6ncc7c(n6)CNCC7)cc5)CC4)CC3)cc2)C(=O)N1. The van der Waals surface area contributed by atoms with Crippen molar-refractivity contribution in [1.82, 2.24) is 25.5 Å². The Morgan fingerprint density at radius 1 is 0.818 bits per heavy atom. The predicted octanol–water partition coefficient (Wildman–Crippen LogP) is 3.42. The third-order valence-electron chi connectivity index (χ3n) is 9.71. The van der Waals surface area contributed by atoms with Gasteiger partial charge >= 0.3 is 0 Å². The van der Waals surface area contributed by atoms with E-state index in [1.807, 2.05) is 6.20 Å². The highest BCUT2D eigenvalue weighted by atomic mass is 16.2. The van der Waals surface area contributed by atoms with Gasteiger partial charge in [0.15, 0.2) is 0 Å². The standard InChI is InChI=1S/C34H42N8O2/c43-32-10-9-30(33(44)39-32)25-1-5-28(6-2-25)42-19-17-40(18-20-42)23-24-12-15-41(16-13-24)29-7-3-27(4-8-29)37-34-36-21-26-11-14-35-22-31(26)38-34/h1-8,21,24,30,35H,9-20,22-23H2,(H,36,37,38)(H,39,43,44). The first-order valence-corrected chi connectivity index (χ1v) is 16.2. The molecule has 230 valence electrons. The molecule has 0 bridgehead atoms. The van der Waals surface area contributed by atoms with Gasteiger partial charge in [-0.2, -0.15) is 0 Å². The first-order chi connectivity index (χ1) is 21.6. The van der Waals surface area contributed by atoms with Crippen molar-refractivity contribution >= 4 is 34.8 Å². The topological polar surface area (TPSA) is 106 Å². The Balaban J connectivity index is 0.845. The molecule has 2 aromatic carbocycles. The number of anilines is 4. The smallest absolute Gasteiger partial charge is 0.234 e. The number of carbonyl (C=O) groups excluding carboxylic acids is 2. The zero-order valence-corrected chi connectivity index (χ0v) is 25.3. The molecule has 3 saturated heterocycles. The molecule has 4 aliphatic rings. The number of benzene rings is 2. The molecule has 0 saturated carbocycles. The number of imide groups is 1. The third kappa shape index (κ3) is 6.56. The molecule has 2 amide bonds. The number of rotatable bonds is 7. The van der Waals surface area contributed by atoms with Gasteiger partial charge in [-0.15, -0.1) is 0 Å². The van der Waals surface area contributed by atoms with Gasteiger partial charge in [0.25, 0.3) is 0 Å². The quantitative estimate of drug-likeness (QED) is 0.355. The zero-order chi connectivity index (χ0) is 29.9. The second-order valence-corrected chi connectivity index (χ2v) is 12.6. The lowest BCUT2D eigenvalue weighted by molar-refractivity contribution is -0.134. The minimum absolute atomic E-state index is 0.166. The number of piperidine rings is 2. The molecule has 0 radical (unpaired) electrons. The normalized spacial score (nSPS) is 21.6. The lowest BCUT2D eigenvalue weighted by atomic mass is 9.90. The summed E-state index contributed by atoms with van der Waals surface area (Å²) >= 11 is 0. The summed E-state index contributed by atoms with van der Waals surface area (Å²) in [4.78, 5) is 40.5. The number of carbonyl (C=O) groups is 2. The van der Waals surface area contributed by atoms with E-state index in [9.17, 15) is 9.59 Å². The Hall–Kier alpha value is -4.02. The molecule has 0 aliphatic carbocycles. The van der Waals surface area contributed by atoms with Gasteiger partial charge in [-0.25, -0.2) is 9.97 Å². The van der Waals surface area contributed by atoms with Crippen LogP contribution in [0.5, 0.6) is 0 Å². The molecule has 3 fully saturated rings. The Morgan fingerprint density at radius 2 is 1.52 bits per heavy atom. The van der Waals surface area contributed by atoms with Crippen molar-refractivity contribution in [2.24, 2.45) is 5.92 Å². The molecular formula is C34H42N8O2. The number of amides is 2. The van der Waals surface area contributed by atoms with E-state index in [2.05, 4.69) is 84.2 Å². The van der Waals surface area contributed by atoms with Crippen molar-refractivity contribution in [3.05, 3.63) is 71.5 Å². The molecular weight excluding hydrogens is 552 g/mol. The summed E-state index contributed by atoms with van der Waals surface area (Å²) in [6.07, 6.45) is 6.39. The monoisotopic (exact) mass is 594 g/mol. The van der Waals surface area contributed by atoms with Crippen LogP contribution in [-0.2, 0) is 22.6 Å². The van der Waals surface area contributed by atoms with E-state index < -0.39 is 0 Å². The molecule has 44 heavy (non-hydrogen) atoms. The zero-order valence-electron chi connectivity index (χ0n) is 25.3. The summed E-state index contributed by atoms with van der Waals surface area (Å²) in [6.45, 7) is 9.36. The van der Waals surface area contributed by atoms with Crippen LogP contribution in [0.3, 0.4) is 0 Å². The Labute approximate surface area is 259 Å². The molecule has 4 aliphatic heterocycles. The van der Waals surface area contributed by atoms with Crippen LogP contribution in [0.2, 0.25) is 0 Å². The lowest BCUT2D eigenvalue weighted by Crippen LogP contribution is -2.49. The van der Waals surface area contributed by atoms with E-state index in [4.69, 9.17) is 4.98 Å². The average molecular weight is 595 g/mol. The average Bonchev–Trinajstić information content (AvgIpc) is 3.06. The molecule has 10 nitrogen and oxygen atoms in total. The largest absolute Gasteiger partial charge is 0.372 e. The molecule has 3 aromatic rings. The van der Waals surface area contributed by atoms with Crippen molar-refractivity contribution in [1.29, 1.82) is 0 Å². The van der Waals surface area contributed by atoms with Crippen LogP contribution in [0, 0.1) is 5.92 Å². The fourth-order valence-electron chi connectivity index (χ4n) is 7.04. The molecule has 5 heterocycles. The van der Waals surface area contributed by atoms with Crippen LogP contribution in [-0.4, -0.2) is 79.0 Å². The van der Waals surface area contributed by atoms with Crippen molar-refractivity contribution in [3.8, 4) is 0 Å². The molecule has 10 heteroatoms. The van der Waals surface area contributed by atoms with Crippen LogP contribution < -0.4 is 25.8 Å². The summed E-state index contributed by atoms with van der Waals surface area (Å²) < 4.78 is 0.